The fraction of sp³-hybridized carbons (Fsp3) is 0.345. The number of nitrogens with one attached hydrogen (secondary N) is 1. The van der Waals surface area contributed by atoms with Gasteiger partial charge < -0.3 is 14.8 Å². The van der Waals surface area contributed by atoms with Crippen LogP contribution in [0.15, 0.2) is 65.1 Å². The van der Waals surface area contributed by atoms with Crippen molar-refractivity contribution in [1.29, 1.82) is 0 Å². The zero-order valence-electron chi connectivity index (χ0n) is 21.2. The molecule has 4 atom stereocenters. The van der Waals surface area contributed by atoms with Crippen LogP contribution >= 0.6 is 27.5 Å². The Morgan fingerprint density at radius 2 is 2.00 bits per heavy atom. The molecule has 3 aromatic rings. The van der Waals surface area contributed by atoms with E-state index in [1.165, 1.54) is 0 Å². The van der Waals surface area contributed by atoms with E-state index in [9.17, 15) is 14.9 Å². The van der Waals surface area contributed by atoms with Gasteiger partial charge in [-0.15, -0.1) is 0 Å². The molecule has 1 amide bonds. The normalized spacial score (nSPS) is 25.4. The van der Waals surface area contributed by atoms with Crippen LogP contribution in [0, 0.1) is 10.1 Å². The van der Waals surface area contributed by atoms with Gasteiger partial charge in [-0.25, -0.2) is 0 Å². The van der Waals surface area contributed by atoms with Crippen LogP contribution in [-0.4, -0.2) is 41.0 Å². The number of para-hydroxylation sites is 1. The first-order valence-corrected chi connectivity index (χ1v) is 14.2. The average molecular weight is 613 g/mol. The number of halogens is 2. The van der Waals surface area contributed by atoms with Crippen molar-refractivity contribution in [3.8, 4) is 11.5 Å². The molecular formula is C29H27BrClN3O5. The lowest BCUT2D eigenvalue weighted by atomic mass is 9.77. The number of hydrogen-bond donors (Lipinski definition) is 1. The lowest BCUT2D eigenvalue weighted by Gasteiger charge is -2.32. The van der Waals surface area contributed by atoms with Crippen LogP contribution < -0.4 is 14.8 Å². The summed E-state index contributed by atoms with van der Waals surface area (Å²) in [6.07, 6.45) is 1.63. The van der Waals surface area contributed by atoms with Crippen LogP contribution in [-0.2, 0) is 16.9 Å². The van der Waals surface area contributed by atoms with Crippen LogP contribution in [0.25, 0.3) is 0 Å². The molecular weight excluding hydrogens is 586 g/mol. The number of carbonyl (C=O) groups is 1. The number of benzene rings is 3. The van der Waals surface area contributed by atoms with Crippen molar-refractivity contribution in [2.45, 2.75) is 49.9 Å². The molecule has 6 rings (SSSR count). The summed E-state index contributed by atoms with van der Waals surface area (Å²) in [5, 5.41) is 16.5. The Kier molecular flexibility index (Phi) is 6.77. The van der Waals surface area contributed by atoms with Crippen molar-refractivity contribution in [1.82, 2.24) is 4.90 Å². The molecule has 8 nitrogen and oxygen atoms in total. The van der Waals surface area contributed by atoms with Gasteiger partial charge >= 0.3 is 0 Å². The molecule has 39 heavy (non-hydrogen) atoms. The number of anilines is 1. The van der Waals surface area contributed by atoms with Crippen LogP contribution in [0.2, 0.25) is 5.02 Å². The minimum absolute atomic E-state index is 0.170. The van der Waals surface area contributed by atoms with E-state index >= 15 is 0 Å². The molecule has 3 aromatic carbocycles. The first-order chi connectivity index (χ1) is 18.9. The Balaban J connectivity index is 1.44. The van der Waals surface area contributed by atoms with Crippen molar-refractivity contribution in [3.63, 3.8) is 0 Å². The summed E-state index contributed by atoms with van der Waals surface area (Å²) in [5.41, 5.74) is 1.59. The number of rotatable bonds is 7. The van der Waals surface area contributed by atoms with Gasteiger partial charge in [-0.3, -0.25) is 19.8 Å². The molecule has 0 aliphatic carbocycles. The zero-order chi connectivity index (χ0) is 27.3. The van der Waals surface area contributed by atoms with E-state index < -0.39 is 17.5 Å². The standard InChI is InChI=1S/C29H27BrClN3O5/c1-2-38-24-15-18(14-21(30)26(24)39-16-17-7-5-8-19(31)13-17)25-23-11-6-12-33(23)29(27(25)34(36)37)20-9-3-4-10-22(20)32-28(29)35/h3-5,7-10,13-15,23,25,27H,2,6,11-12,16H2,1H3,(H,32,35)/t23-,25+,27+,29-/m0/s1. The Labute approximate surface area is 239 Å². The van der Waals surface area contributed by atoms with Crippen molar-refractivity contribution in [2.75, 3.05) is 18.5 Å². The smallest absolute Gasteiger partial charge is 0.256 e. The third-order valence-electron chi connectivity index (χ3n) is 8.08. The Morgan fingerprint density at radius 3 is 2.77 bits per heavy atom. The predicted octanol–water partition coefficient (Wildman–Crippen LogP) is 6.13. The van der Waals surface area contributed by atoms with E-state index in [2.05, 4.69) is 26.1 Å². The number of ether oxygens (including phenoxy) is 2. The predicted molar refractivity (Wildman–Crippen MR) is 151 cm³/mol. The van der Waals surface area contributed by atoms with E-state index in [1.54, 1.807) is 6.07 Å². The van der Waals surface area contributed by atoms with Crippen molar-refractivity contribution in [2.24, 2.45) is 0 Å². The summed E-state index contributed by atoms with van der Waals surface area (Å²) < 4.78 is 12.8. The van der Waals surface area contributed by atoms with E-state index in [0.717, 1.165) is 24.0 Å². The van der Waals surface area contributed by atoms with Gasteiger partial charge in [0.2, 0.25) is 0 Å². The van der Waals surface area contributed by atoms with Crippen LogP contribution in [0.3, 0.4) is 0 Å². The summed E-state index contributed by atoms with van der Waals surface area (Å²) in [5.74, 6) is 0.146. The molecule has 0 radical (unpaired) electrons. The fourth-order valence-electron chi connectivity index (χ4n) is 6.74. The molecule has 202 valence electrons. The maximum Gasteiger partial charge on any atom is 0.256 e. The summed E-state index contributed by atoms with van der Waals surface area (Å²) in [7, 11) is 0. The van der Waals surface area contributed by atoms with Gasteiger partial charge in [-0.1, -0.05) is 41.9 Å². The lowest BCUT2D eigenvalue weighted by Crippen LogP contribution is -2.55. The maximum atomic E-state index is 13.7. The van der Waals surface area contributed by atoms with Crippen LogP contribution in [0.4, 0.5) is 5.69 Å². The highest BCUT2D eigenvalue weighted by molar-refractivity contribution is 9.10. The molecule has 3 aliphatic rings. The minimum Gasteiger partial charge on any atom is -0.490 e. The van der Waals surface area contributed by atoms with E-state index in [0.29, 0.717) is 45.4 Å². The number of amides is 1. The molecule has 0 aromatic heterocycles. The van der Waals surface area contributed by atoms with Crippen LogP contribution in [0.5, 0.6) is 11.5 Å². The first-order valence-electron chi connectivity index (χ1n) is 13.0. The quantitative estimate of drug-likeness (QED) is 0.255. The highest BCUT2D eigenvalue weighted by Crippen LogP contribution is 2.58. The second-order valence-corrected chi connectivity index (χ2v) is 11.4. The second kappa shape index (κ2) is 10.1. The van der Waals surface area contributed by atoms with E-state index in [4.69, 9.17) is 21.1 Å². The fourth-order valence-corrected chi connectivity index (χ4v) is 7.53. The topological polar surface area (TPSA) is 93.9 Å². The lowest BCUT2D eigenvalue weighted by molar-refractivity contribution is -0.534. The summed E-state index contributed by atoms with van der Waals surface area (Å²) in [6.45, 7) is 3.16. The summed E-state index contributed by atoms with van der Waals surface area (Å²) in [6, 6.07) is 17.1. The average Bonchev–Trinajstić information content (AvgIpc) is 3.56. The van der Waals surface area contributed by atoms with Crippen molar-refractivity contribution in [3.05, 3.63) is 97.0 Å². The summed E-state index contributed by atoms with van der Waals surface area (Å²) in [4.78, 5) is 28.4. The van der Waals surface area contributed by atoms with Crippen molar-refractivity contribution < 1.29 is 19.2 Å². The number of nitrogens with zero attached hydrogens (tertiary/aromatic N) is 2. The minimum atomic E-state index is -1.37. The SMILES string of the molecule is CCOc1cc([C@@H]2[C@@H]3CCCN3[C@]3(C(=O)Nc4ccccc43)[C@@H]2[N+](=O)[O-])cc(Br)c1OCc1cccc(Cl)c1. The third kappa shape index (κ3) is 4.10. The van der Waals surface area contributed by atoms with Gasteiger partial charge in [-0.2, -0.15) is 0 Å². The van der Waals surface area contributed by atoms with Crippen molar-refractivity contribution >= 4 is 39.1 Å². The molecule has 0 saturated carbocycles. The van der Waals surface area contributed by atoms with Gasteiger partial charge in [0.15, 0.2) is 17.0 Å². The molecule has 1 spiro atoms. The van der Waals surface area contributed by atoms with Gasteiger partial charge in [0.25, 0.3) is 11.9 Å². The third-order valence-corrected chi connectivity index (χ3v) is 8.91. The van der Waals surface area contributed by atoms with Gasteiger partial charge in [0, 0.05) is 33.8 Å². The molecule has 10 heteroatoms. The number of hydrogen-bond acceptors (Lipinski definition) is 6. The summed E-state index contributed by atoms with van der Waals surface area (Å²) >= 11 is 9.78. The van der Waals surface area contributed by atoms with Gasteiger partial charge in [0.1, 0.15) is 6.61 Å². The number of carbonyl (C=O) groups excluding carboxylic acids is 1. The Hall–Kier alpha value is -3.14. The number of nitro groups is 1. The molecule has 3 aliphatic heterocycles. The molecule has 0 bridgehead atoms. The molecule has 3 heterocycles. The molecule has 1 N–H and O–H groups in total. The monoisotopic (exact) mass is 611 g/mol. The molecule has 2 fully saturated rings. The highest BCUT2D eigenvalue weighted by Gasteiger charge is 2.73. The van der Waals surface area contributed by atoms with Gasteiger partial charge in [0.05, 0.1) is 17.0 Å². The Bertz CT molecular complexity index is 1470. The Morgan fingerprint density at radius 1 is 1.18 bits per heavy atom. The first kappa shape index (κ1) is 26.1. The number of fused-ring (bicyclic) bond motifs is 4. The zero-order valence-corrected chi connectivity index (χ0v) is 23.6. The second-order valence-electron chi connectivity index (χ2n) is 10.1. The molecule has 2 saturated heterocycles. The van der Waals surface area contributed by atoms with E-state index in [1.807, 2.05) is 61.5 Å². The largest absolute Gasteiger partial charge is 0.490 e. The van der Waals surface area contributed by atoms with E-state index in [-0.39, 0.29) is 23.5 Å². The van der Waals surface area contributed by atoms with Crippen LogP contribution in [0.1, 0.15) is 42.4 Å². The maximum absolute atomic E-state index is 13.7. The highest BCUT2D eigenvalue weighted by atomic mass is 79.9. The molecule has 0 unspecified atom stereocenters. The van der Waals surface area contributed by atoms with Gasteiger partial charge in [-0.05, 0) is 77.2 Å².